The minimum atomic E-state index is -0.715. The highest BCUT2D eigenvalue weighted by molar-refractivity contribution is 7.13. The molecule has 0 saturated carbocycles. The summed E-state index contributed by atoms with van der Waals surface area (Å²) in [6.45, 7) is 1.81. The van der Waals surface area contributed by atoms with Crippen LogP contribution < -0.4 is 5.56 Å². The molecule has 0 unspecified atom stereocenters. The number of esters is 1. The van der Waals surface area contributed by atoms with E-state index in [9.17, 15) is 14.7 Å². The van der Waals surface area contributed by atoms with E-state index >= 15 is 0 Å². The number of ether oxygens (including phenoxy) is 1. The SMILES string of the molecule is CCOC(=O)c1c(O)[nH]c(=O)c2nnsc12. The lowest BCUT2D eigenvalue weighted by atomic mass is 10.2. The minimum Gasteiger partial charge on any atom is -0.494 e. The van der Waals surface area contributed by atoms with E-state index in [4.69, 9.17) is 4.74 Å². The third-order valence-corrected chi connectivity index (χ3v) is 2.62. The van der Waals surface area contributed by atoms with E-state index in [0.717, 1.165) is 11.5 Å². The molecule has 0 aliphatic heterocycles. The number of hydrogen-bond donors (Lipinski definition) is 2. The Morgan fingerprint density at radius 3 is 3.06 bits per heavy atom. The number of carbonyl (C=O) groups excluding carboxylic acids is 1. The van der Waals surface area contributed by atoms with Gasteiger partial charge in [-0.25, -0.2) is 4.79 Å². The van der Waals surface area contributed by atoms with Gasteiger partial charge in [0.05, 0.1) is 6.61 Å². The van der Waals surface area contributed by atoms with Crippen molar-refractivity contribution in [2.75, 3.05) is 6.61 Å². The van der Waals surface area contributed by atoms with Crippen LogP contribution in [0.15, 0.2) is 4.79 Å². The van der Waals surface area contributed by atoms with Crippen molar-refractivity contribution in [1.29, 1.82) is 0 Å². The fourth-order valence-electron chi connectivity index (χ4n) is 1.23. The quantitative estimate of drug-likeness (QED) is 0.731. The average Bonchev–Trinajstić information content (AvgIpc) is 2.66. The Kier molecular flexibility index (Phi) is 2.57. The smallest absolute Gasteiger partial charge is 0.345 e. The summed E-state index contributed by atoms with van der Waals surface area (Å²) in [6, 6.07) is 0. The first-order chi connectivity index (χ1) is 7.65. The van der Waals surface area contributed by atoms with E-state index in [2.05, 4.69) is 14.6 Å². The summed E-state index contributed by atoms with van der Waals surface area (Å²) in [5, 5.41) is 13.1. The van der Waals surface area contributed by atoms with Crippen LogP contribution in [-0.4, -0.2) is 32.3 Å². The number of rotatable bonds is 2. The van der Waals surface area contributed by atoms with E-state index in [0.29, 0.717) is 0 Å². The number of fused-ring (bicyclic) bond motifs is 1. The second-order valence-electron chi connectivity index (χ2n) is 2.85. The summed E-state index contributed by atoms with van der Waals surface area (Å²) in [6.07, 6.45) is 0. The molecule has 2 aromatic rings. The van der Waals surface area contributed by atoms with Gasteiger partial charge in [-0.3, -0.25) is 9.78 Å². The van der Waals surface area contributed by atoms with Crippen LogP contribution in [0.25, 0.3) is 10.2 Å². The number of hydrogen-bond acceptors (Lipinski definition) is 7. The summed E-state index contributed by atoms with van der Waals surface area (Å²) < 4.78 is 8.54. The Hall–Kier alpha value is -1.96. The first-order valence-electron chi connectivity index (χ1n) is 4.39. The zero-order chi connectivity index (χ0) is 11.7. The monoisotopic (exact) mass is 241 g/mol. The second-order valence-corrected chi connectivity index (χ2v) is 3.60. The van der Waals surface area contributed by atoms with Crippen LogP contribution in [0.3, 0.4) is 0 Å². The fourth-order valence-corrected chi connectivity index (χ4v) is 1.93. The van der Waals surface area contributed by atoms with E-state index in [1.807, 2.05) is 0 Å². The molecule has 2 rings (SSSR count). The van der Waals surface area contributed by atoms with Gasteiger partial charge in [-0.15, -0.1) is 5.10 Å². The highest BCUT2D eigenvalue weighted by Gasteiger charge is 2.21. The Labute approximate surface area is 92.8 Å². The van der Waals surface area contributed by atoms with Gasteiger partial charge in [0, 0.05) is 0 Å². The van der Waals surface area contributed by atoms with Crippen LogP contribution >= 0.6 is 11.5 Å². The molecule has 0 saturated heterocycles. The molecule has 0 aliphatic rings. The third-order valence-electron chi connectivity index (χ3n) is 1.88. The summed E-state index contributed by atoms with van der Waals surface area (Å²) in [7, 11) is 0. The standard InChI is InChI=1S/C8H7N3O4S/c1-2-15-8(14)3-5-4(10-11-16-5)7(13)9-6(3)12/h2H2,1H3,(H2,9,12,13). The van der Waals surface area contributed by atoms with Crippen LogP contribution in [0.1, 0.15) is 17.3 Å². The first kappa shape index (κ1) is 10.6. The number of nitrogens with one attached hydrogen (secondary N) is 1. The van der Waals surface area contributed by atoms with E-state index < -0.39 is 17.4 Å². The number of nitrogens with zero attached hydrogens (tertiary/aromatic N) is 2. The molecule has 16 heavy (non-hydrogen) atoms. The Morgan fingerprint density at radius 2 is 2.38 bits per heavy atom. The van der Waals surface area contributed by atoms with Crippen LogP contribution in [-0.2, 0) is 4.74 Å². The predicted molar refractivity (Wildman–Crippen MR) is 55.7 cm³/mol. The molecule has 0 radical (unpaired) electrons. The van der Waals surface area contributed by atoms with Gasteiger partial charge < -0.3 is 9.84 Å². The fraction of sp³-hybridized carbons (Fsp3) is 0.250. The molecule has 0 amide bonds. The van der Waals surface area contributed by atoms with Crippen molar-refractivity contribution in [3.05, 3.63) is 15.9 Å². The lowest BCUT2D eigenvalue weighted by Crippen LogP contribution is -2.12. The van der Waals surface area contributed by atoms with Crippen molar-refractivity contribution >= 4 is 27.7 Å². The zero-order valence-electron chi connectivity index (χ0n) is 8.18. The van der Waals surface area contributed by atoms with E-state index in [1.165, 1.54) is 0 Å². The number of H-pyrrole nitrogens is 1. The van der Waals surface area contributed by atoms with Crippen molar-refractivity contribution < 1.29 is 14.6 Å². The first-order valence-corrected chi connectivity index (χ1v) is 5.17. The van der Waals surface area contributed by atoms with Crippen molar-refractivity contribution in [1.82, 2.24) is 14.6 Å². The molecule has 7 nitrogen and oxygen atoms in total. The highest BCUT2D eigenvalue weighted by Crippen LogP contribution is 2.24. The molecule has 2 aromatic heterocycles. The maximum atomic E-state index is 11.5. The summed E-state index contributed by atoms with van der Waals surface area (Å²) in [5.74, 6) is -1.24. The molecule has 2 heterocycles. The number of pyridine rings is 1. The summed E-state index contributed by atoms with van der Waals surface area (Å²) in [4.78, 5) is 25.0. The second kappa shape index (κ2) is 3.89. The van der Waals surface area contributed by atoms with Gasteiger partial charge in [0.1, 0.15) is 10.3 Å². The van der Waals surface area contributed by atoms with Gasteiger partial charge in [0.15, 0.2) is 5.52 Å². The topological polar surface area (TPSA) is 105 Å². The molecule has 0 aromatic carbocycles. The normalized spacial score (nSPS) is 10.6. The van der Waals surface area contributed by atoms with Crippen LogP contribution in [0.5, 0.6) is 5.88 Å². The van der Waals surface area contributed by atoms with Crippen LogP contribution in [0.4, 0.5) is 0 Å². The van der Waals surface area contributed by atoms with Gasteiger partial charge in [-0.05, 0) is 18.5 Å². The van der Waals surface area contributed by atoms with Gasteiger partial charge in [-0.2, -0.15) is 0 Å². The van der Waals surface area contributed by atoms with Crippen molar-refractivity contribution in [3.8, 4) is 5.88 Å². The van der Waals surface area contributed by atoms with Crippen LogP contribution in [0.2, 0.25) is 0 Å². The highest BCUT2D eigenvalue weighted by atomic mass is 32.1. The van der Waals surface area contributed by atoms with Crippen LogP contribution in [0, 0.1) is 0 Å². The number of aromatic amines is 1. The Balaban J connectivity index is 2.73. The molecule has 0 fully saturated rings. The number of aromatic hydroxyl groups is 1. The number of carbonyl (C=O) groups is 1. The molecular weight excluding hydrogens is 234 g/mol. The molecule has 8 heteroatoms. The summed E-state index contributed by atoms with van der Waals surface area (Å²) >= 11 is 0.855. The summed E-state index contributed by atoms with van der Waals surface area (Å²) in [5.41, 5.74) is -0.674. The van der Waals surface area contributed by atoms with Crippen molar-refractivity contribution in [2.24, 2.45) is 0 Å². The molecule has 84 valence electrons. The largest absolute Gasteiger partial charge is 0.494 e. The lowest BCUT2D eigenvalue weighted by molar-refractivity contribution is 0.0525. The molecule has 0 aliphatic carbocycles. The molecule has 0 atom stereocenters. The van der Waals surface area contributed by atoms with Gasteiger partial charge in [-0.1, -0.05) is 4.49 Å². The average molecular weight is 241 g/mol. The maximum Gasteiger partial charge on any atom is 0.345 e. The molecular formula is C8H7N3O4S. The van der Waals surface area contributed by atoms with Crippen molar-refractivity contribution in [3.63, 3.8) is 0 Å². The van der Waals surface area contributed by atoms with E-state index in [-0.39, 0.29) is 22.4 Å². The molecule has 0 bridgehead atoms. The molecule has 0 spiro atoms. The predicted octanol–water partition coefficient (Wildman–Crippen LogP) is 0.262. The lowest BCUT2D eigenvalue weighted by Gasteiger charge is -2.03. The zero-order valence-corrected chi connectivity index (χ0v) is 9.00. The van der Waals surface area contributed by atoms with Gasteiger partial charge in [0.25, 0.3) is 5.56 Å². The minimum absolute atomic E-state index is 0.0193. The Bertz CT molecular complexity index is 603. The molecule has 2 N–H and O–H groups in total. The maximum absolute atomic E-state index is 11.5. The number of aromatic nitrogens is 3. The van der Waals surface area contributed by atoms with Crippen molar-refractivity contribution in [2.45, 2.75) is 6.92 Å². The van der Waals surface area contributed by atoms with Gasteiger partial charge >= 0.3 is 5.97 Å². The third kappa shape index (κ3) is 1.52. The van der Waals surface area contributed by atoms with Gasteiger partial charge in [0.2, 0.25) is 5.88 Å². The Morgan fingerprint density at radius 1 is 1.62 bits per heavy atom. The van der Waals surface area contributed by atoms with E-state index in [1.54, 1.807) is 6.92 Å².